The van der Waals surface area contributed by atoms with E-state index in [2.05, 4.69) is 16.3 Å². The molecule has 0 saturated carbocycles. The van der Waals surface area contributed by atoms with Gasteiger partial charge in [0, 0.05) is 17.2 Å². The highest BCUT2D eigenvalue weighted by Gasteiger charge is 2.20. The summed E-state index contributed by atoms with van der Waals surface area (Å²) in [4.78, 5) is 15.6. The summed E-state index contributed by atoms with van der Waals surface area (Å²) >= 11 is 14.0. The molecule has 6 heteroatoms. The Hall–Kier alpha value is -1.36. The van der Waals surface area contributed by atoms with E-state index in [1.807, 2.05) is 30.0 Å². The lowest BCUT2D eigenvalue weighted by Gasteiger charge is -2.30. The quantitative estimate of drug-likeness (QED) is 0.879. The van der Waals surface area contributed by atoms with Crippen LogP contribution >= 0.6 is 35.0 Å². The smallest absolute Gasteiger partial charge is 0.243 e. The van der Waals surface area contributed by atoms with Crippen molar-refractivity contribution in [1.29, 1.82) is 0 Å². The van der Waals surface area contributed by atoms with Gasteiger partial charge in [-0.05, 0) is 24.3 Å². The lowest BCUT2D eigenvalue weighted by molar-refractivity contribution is -0.115. The number of hydrogen-bond acceptors (Lipinski definition) is 3. The lowest BCUT2D eigenvalue weighted by Crippen LogP contribution is -2.36. The van der Waals surface area contributed by atoms with Crippen molar-refractivity contribution in [3.63, 3.8) is 0 Å². The first kappa shape index (κ1) is 15.5. The molecule has 22 heavy (non-hydrogen) atoms. The number of fused-ring (bicyclic) bond motifs is 1. The minimum atomic E-state index is -0.128. The van der Waals surface area contributed by atoms with Crippen molar-refractivity contribution in [2.45, 2.75) is 4.90 Å². The Morgan fingerprint density at radius 1 is 1.14 bits per heavy atom. The molecule has 0 aliphatic carbocycles. The third-order valence-electron chi connectivity index (χ3n) is 3.39. The average molecular weight is 353 g/mol. The van der Waals surface area contributed by atoms with E-state index in [4.69, 9.17) is 23.2 Å². The first-order valence-electron chi connectivity index (χ1n) is 6.86. The highest BCUT2D eigenvalue weighted by molar-refractivity contribution is 7.99. The zero-order valence-corrected chi connectivity index (χ0v) is 14.0. The number of para-hydroxylation sites is 2. The SMILES string of the molecule is O=C(CN1CCSc2ccccc21)Nc1c(Cl)cccc1Cl. The molecular formula is C16H14Cl2N2OS. The van der Waals surface area contributed by atoms with Crippen molar-refractivity contribution in [2.24, 2.45) is 0 Å². The van der Waals surface area contributed by atoms with Crippen molar-refractivity contribution in [3.05, 3.63) is 52.5 Å². The number of anilines is 2. The summed E-state index contributed by atoms with van der Waals surface area (Å²) in [6.07, 6.45) is 0. The summed E-state index contributed by atoms with van der Waals surface area (Å²) in [6.45, 7) is 1.12. The van der Waals surface area contributed by atoms with Crippen LogP contribution in [0.1, 0.15) is 0 Å². The second-order valence-corrected chi connectivity index (χ2v) is 6.83. The van der Waals surface area contributed by atoms with Crippen LogP contribution in [-0.4, -0.2) is 24.7 Å². The maximum atomic E-state index is 12.3. The fourth-order valence-electron chi connectivity index (χ4n) is 2.36. The number of carbonyl (C=O) groups excluding carboxylic acids is 1. The second-order valence-electron chi connectivity index (χ2n) is 4.88. The van der Waals surface area contributed by atoms with E-state index in [-0.39, 0.29) is 12.5 Å². The zero-order valence-electron chi connectivity index (χ0n) is 11.7. The minimum Gasteiger partial charge on any atom is -0.360 e. The summed E-state index contributed by atoms with van der Waals surface area (Å²) in [5.41, 5.74) is 1.56. The number of amides is 1. The predicted molar refractivity (Wildman–Crippen MR) is 94.5 cm³/mol. The number of nitrogens with one attached hydrogen (secondary N) is 1. The van der Waals surface area contributed by atoms with Crippen LogP contribution in [0.3, 0.4) is 0 Å². The second kappa shape index (κ2) is 6.82. The monoisotopic (exact) mass is 352 g/mol. The van der Waals surface area contributed by atoms with Crippen LogP contribution in [0.5, 0.6) is 0 Å². The van der Waals surface area contributed by atoms with E-state index in [0.717, 1.165) is 18.0 Å². The number of nitrogens with zero attached hydrogens (tertiary/aromatic N) is 1. The van der Waals surface area contributed by atoms with Crippen molar-refractivity contribution in [2.75, 3.05) is 29.1 Å². The van der Waals surface area contributed by atoms with Gasteiger partial charge in [0.05, 0.1) is 28.0 Å². The Labute approximate surface area is 143 Å². The van der Waals surface area contributed by atoms with Gasteiger partial charge in [-0.15, -0.1) is 11.8 Å². The Morgan fingerprint density at radius 3 is 2.64 bits per heavy atom. The van der Waals surface area contributed by atoms with Gasteiger partial charge >= 0.3 is 0 Å². The molecule has 0 radical (unpaired) electrons. The lowest BCUT2D eigenvalue weighted by atomic mass is 10.2. The van der Waals surface area contributed by atoms with Gasteiger partial charge in [0.1, 0.15) is 0 Å². The number of carbonyl (C=O) groups is 1. The van der Waals surface area contributed by atoms with E-state index >= 15 is 0 Å². The minimum absolute atomic E-state index is 0.128. The van der Waals surface area contributed by atoms with E-state index in [0.29, 0.717) is 15.7 Å². The molecule has 0 saturated heterocycles. The normalized spacial score (nSPS) is 13.6. The molecule has 1 amide bonds. The van der Waals surface area contributed by atoms with Gasteiger partial charge < -0.3 is 10.2 Å². The molecule has 0 unspecified atom stereocenters. The molecule has 0 aromatic heterocycles. The van der Waals surface area contributed by atoms with Crippen molar-refractivity contribution in [1.82, 2.24) is 0 Å². The summed E-state index contributed by atoms with van der Waals surface area (Å²) < 4.78 is 0. The van der Waals surface area contributed by atoms with Crippen LogP contribution in [0.25, 0.3) is 0 Å². The average Bonchev–Trinajstić information content (AvgIpc) is 2.51. The van der Waals surface area contributed by atoms with Gasteiger partial charge in [0.2, 0.25) is 5.91 Å². The van der Waals surface area contributed by atoms with E-state index in [9.17, 15) is 4.79 Å². The third kappa shape index (κ3) is 3.35. The molecular weight excluding hydrogens is 339 g/mol. The molecule has 2 aromatic rings. The first-order valence-corrected chi connectivity index (χ1v) is 8.60. The van der Waals surface area contributed by atoms with Gasteiger partial charge in [0.15, 0.2) is 0 Å². The molecule has 1 heterocycles. The number of halogens is 2. The van der Waals surface area contributed by atoms with Gasteiger partial charge in [0.25, 0.3) is 0 Å². The fraction of sp³-hybridized carbons (Fsp3) is 0.188. The third-order valence-corrected chi connectivity index (χ3v) is 5.06. The van der Waals surface area contributed by atoms with E-state index in [1.54, 1.807) is 18.2 Å². The fourth-order valence-corrected chi connectivity index (χ4v) is 3.90. The van der Waals surface area contributed by atoms with Crippen LogP contribution in [0.4, 0.5) is 11.4 Å². The highest BCUT2D eigenvalue weighted by Crippen LogP contribution is 2.34. The van der Waals surface area contributed by atoms with Crippen LogP contribution in [-0.2, 0) is 4.79 Å². The molecule has 0 bridgehead atoms. The maximum Gasteiger partial charge on any atom is 0.243 e. The molecule has 1 aliphatic heterocycles. The number of thioether (sulfide) groups is 1. The van der Waals surface area contributed by atoms with Gasteiger partial charge in [-0.3, -0.25) is 4.79 Å². The summed E-state index contributed by atoms with van der Waals surface area (Å²) in [6, 6.07) is 13.3. The zero-order chi connectivity index (χ0) is 15.5. The van der Waals surface area contributed by atoms with E-state index < -0.39 is 0 Å². The largest absolute Gasteiger partial charge is 0.360 e. The molecule has 0 fully saturated rings. The number of rotatable bonds is 3. The van der Waals surface area contributed by atoms with Crippen LogP contribution in [0.2, 0.25) is 10.0 Å². The molecule has 0 spiro atoms. The van der Waals surface area contributed by atoms with Crippen molar-refractivity contribution >= 4 is 52.2 Å². The number of hydrogen-bond donors (Lipinski definition) is 1. The predicted octanol–water partition coefficient (Wildman–Crippen LogP) is 4.54. The summed E-state index contributed by atoms with van der Waals surface area (Å²) in [5.74, 6) is 0.841. The standard InChI is InChI=1S/C16H14Cl2N2OS/c17-11-4-3-5-12(18)16(11)19-15(21)10-20-8-9-22-14-7-2-1-6-13(14)20/h1-7H,8-10H2,(H,19,21). The van der Waals surface area contributed by atoms with Crippen LogP contribution < -0.4 is 10.2 Å². The van der Waals surface area contributed by atoms with Crippen molar-refractivity contribution < 1.29 is 4.79 Å². The summed E-state index contributed by atoms with van der Waals surface area (Å²) in [5, 5.41) is 3.69. The first-order chi connectivity index (χ1) is 10.6. The molecule has 3 nitrogen and oxygen atoms in total. The highest BCUT2D eigenvalue weighted by atomic mass is 35.5. The Balaban J connectivity index is 1.73. The Morgan fingerprint density at radius 2 is 1.86 bits per heavy atom. The maximum absolute atomic E-state index is 12.3. The molecule has 114 valence electrons. The molecule has 2 aromatic carbocycles. The van der Waals surface area contributed by atoms with Crippen molar-refractivity contribution in [3.8, 4) is 0 Å². The molecule has 0 atom stereocenters. The molecule has 1 N–H and O–H groups in total. The summed E-state index contributed by atoms with van der Waals surface area (Å²) in [7, 11) is 0. The van der Waals surface area contributed by atoms with Crippen LogP contribution in [0.15, 0.2) is 47.4 Å². The topological polar surface area (TPSA) is 32.3 Å². The van der Waals surface area contributed by atoms with Gasteiger partial charge in [-0.25, -0.2) is 0 Å². The molecule has 3 rings (SSSR count). The van der Waals surface area contributed by atoms with E-state index in [1.165, 1.54) is 4.90 Å². The molecule has 1 aliphatic rings. The Bertz CT molecular complexity index is 688. The number of benzene rings is 2. The van der Waals surface area contributed by atoms with Gasteiger partial charge in [-0.1, -0.05) is 41.4 Å². The Kier molecular flexibility index (Phi) is 4.81. The van der Waals surface area contributed by atoms with Crippen LogP contribution in [0, 0.1) is 0 Å². The van der Waals surface area contributed by atoms with Gasteiger partial charge in [-0.2, -0.15) is 0 Å².